The van der Waals surface area contributed by atoms with Gasteiger partial charge in [-0.15, -0.1) is 10.2 Å². The van der Waals surface area contributed by atoms with Crippen molar-refractivity contribution in [1.82, 2.24) is 20.1 Å². The number of alkyl halides is 3. The standard InChI is InChI=1S/C25H17BrCl2F3N5O2S/c26-15-7-9-18(27)17(11-15)23(38)32-12-21-34-35-24(36(21)16-4-2-1-3-5-16)39-13-22(37)33-20-10-14(25(29,30)31)6-8-19(20)28/h1-11H,12-13H2,(H,32,38)(H,33,37). The van der Waals surface area contributed by atoms with Gasteiger partial charge in [-0.1, -0.05) is 69.1 Å². The highest BCUT2D eigenvalue weighted by Crippen LogP contribution is 2.34. The molecule has 7 nitrogen and oxygen atoms in total. The molecule has 4 aromatic rings. The van der Waals surface area contributed by atoms with Crippen molar-refractivity contribution < 1.29 is 22.8 Å². The number of para-hydroxylation sites is 1. The molecule has 0 saturated heterocycles. The second-order valence-electron chi connectivity index (χ2n) is 7.91. The first-order chi connectivity index (χ1) is 18.5. The number of hydrogen-bond acceptors (Lipinski definition) is 5. The lowest BCUT2D eigenvalue weighted by molar-refractivity contribution is -0.137. The van der Waals surface area contributed by atoms with E-state index in [-0.39, 0.29) is 33.6 Å². The predicted molar refractivity (Wildman–Crippen MR) is 147 cm³/mol. The number of hydrogen-bond donors (Lipinski definition) is 2. The molecule has 39 heavy (non-hydrogen) atoms. The van der Waals surface area contributed by atoms with Gasteiger partial charge in [-0.2, -0.15) is 13.2 Å². The third-order valence-corrected chi connectivity index (χ3v) is 7.28. The molecule has 202 valence electrons. The van der Waals surface area contributed by atoms with Gasteiger partial charge in [0.2, 0.25) is 5.91 Å². The molecule has 2 amide bonds. The van der Waals surface area contributed by atoms with Crippen molar-refractivity contribution in [3.63, 3.8) is 0 Å². The number of rotatable bonds is 8. The Morgan fingerprint density at radius 1 is 0.974 bits per heavy atom. The Balaban J connectivity index is 1.50. The number of thioether (sulfide) groups is 1. The zero-order valence-corrected chi connectivity index (χ0v) is 23.5. The molecule has 14 heteroatoms. The molecule has 4 rings (SSSR count). The molecule has 0 spiro atoms. The largest absolute Gasteiger partial charge is 0.416 e. The maximum Gasteiger partial charge on any atom is 0.416 e. The lowest BCUT2D eigenvalue weighted by atomic mass is 10.2. The van der Waals surface area contributed by atoms with Crippen molar-refractivity contribution >= 4 is 68.4 Å². The van der Waals surface area contributed by atoms with Gasteiger partial charge in [-0.05, 0) is 48.5 Å². The highest BCUT2D eigenvalue weighted by molar-refractivity contribution is 9.10. The van der Waals surface area contributed by atoms with Gasteiger partial charge in [0.05, 0.1) is 39.2 Å². The van der Waals surface area contributed by atoms with Crippen LogP contribution in [0, 0.1) is 0 Å². The topological polar surface area (TPSA) is 88.9 Å². The minimum atomic E-state index is -4.58. The highest BCUT2D eigenvalue weighted by Gasteiger charge is 2.31. The first-order valence-corrected chi connectivity index (χ1v) is 13.6. The van der Waals surface area contributed by atoms with Crippen LogP contribution in [-0.4, -0.2) is 32.3 Å². The summed E-state index contributed by atoms with van der Waals surface area (Å²) in [5, 5.41) is 14.1. The van der Waals surface area contributed by atoms with Gasteiger partial charge in [-0.25, -0.2) is 0 Å². The molecule has 0 fully saturated rings. The maximum atomic E-state index is 13.0. The van der Waals surface area contributed by atoms with Crippen molar-refractivity contribution in [2.45, 2.75) is 17.9 Å². The molecule has 0 bridgehead atoms. The van der Waals surface area contributed by atoms with Crippen molar-refractivity contribution in [3.8, 4) is 5.69 Å². The van der Waals surface area contributed by atoms with E-state index in [1.165, 1.54) is 0 Å². The lowest BCUT2D eigenvalue weighted by Crippen LogP contribution is -2.25. The summed E-state index contributed by atoms with van der Waals surface area (Å²) in [4.78, 5) is 25.3. The van der Waals surface area contributed by atoms with Crippen LogP contribution in [0.25, 0.3) is 5.69 Å². The van der Waals surface area contributed by atoms with Crippen LogP contribution in [0.15, 0.2) is 76.4 Å². The van der Waals surface area contributed by atoms with Crippen molar-refractivity contribution in [3.05, 3.63) is 98.2 Å². The number of aromatic nitrogens is 3. The quantitative estimate of drug-likeness (QED) is 0.199. The summed E-state index contributed by atoms with van der Waals surface area (Å²) in [5.74, 6) is -0.833. The van der Waals surface area contributed by atoms with E-state index < -0.39 is 23.6 Å². The minimum absolute atomic E-state index is 0.00380. The number of nitrogens with zero attached hydrogens (tertiary/aromatic N) is 3. The van der Waals surface area contributed by atoms with E-state index in [9.17, 15) is 22.8 Å². The maximum absolute atomic E-state index is 13.0. The molecule has 3 aromatic carbocycles. The zero-order chi connectivity index (χ0) is 28.2. The highest BCUT2D eigenvalue weighted by atomic mass is 79.9. The Morgan fingerprint density at radius 3 is 2.41 bits per heavy atom. The molecule has 0 atom stereocenters. The fraction of sp³-hybridized carbons (Fsp3) is 0.120. The zero-order valence-electron chi connectivity index (χ0n) is 19.6. The summed E-state index contributed by atoms with van der Waals surface area (Å²) in [7, 11) is 0. The fourth-order valence-electron chi connectivity index (χ4n) is 3.38. The number of halogens is 6. The molecule has 0 aliphatic heterocycles. The summed E-state index contributed by atoms with van der Waals surface area (Å²) in [6.45, 7) is -0.00380. The van der Waals surface area contributed by atoms with Crippen LogP contribution in [0.1, 0.15) is 21.7 Å². The molecule has 1 heterocycles. The average molecular weight is 659 g/mol. The van der Waals surface area contributed by atoms with E-state index in [4.69, 9.17) is 23.2 Å². The number of carbonyl (C=O) groups excluding carboxylic acids is 2. The summed E-state index contributed by atoms with van der Waals surface area (Å²) < 4.78 is 41.5. The van der Waals surface area contributed by atoms with Gasteiger partial charge in [0.1, 0.15) is 0 Å². The van der Waals surface area contributed by atoms with Crippen LogP contribution in [0.5, 0.6) is 0 Å². The van der Waals surface area contributed by atoms with Crippen LogP contribution in [0.2, 0.25) is 10.0 Å². The molecule has 0 unspecified atom stereocenters. The second kappa shape index (κ2) is 12.4. The first kappa shape index (κ1) is 28.9. The van der Waals surface area contributed by atoms with Crippen molar-refractivity contribution in [2.75, 3.05) is 11.1 Å². The summed E-state index contributed by atoms with van der Waals surface area (Å²) in [5.41, 5.74) is -0.141. The third kappa shape index (κ3) is 7.33. The number of anilines is 1. The van der Waals surface area contributed by atoms with E-state index in [0.717, 1.165) is 30.0 Å². The monoisotopic (exact) mass is 657 g/mol. The summed E-state index contributed by atoms with van der Waals surface area (Å²) in [6, 6.07) is 16.6. The normalized spacial score (nSPS) is 11.3. The van der Waals surface area contributed by atoms with E-state index in [2.05, 4.69) is 36.8 Å². The lowest BCUT2D eigenvalue weighted by Gasteiger charge is -2.12. The Hall–Kier alpha value is -3.06. The molecule has 0 radical (unpaired) electrons. The number of nitrogens with one attached hydrogen (secondary N) is 2. The fourth-order valence-corrected chi connectivity index (χ4v) is 4.88. The summed E-state index contributed by atoms with van der Waals surface area (Å²) >= 11 is 16.5. The van der Waals surface area contributed by atoms with E-state index >= 15 is 0 Å². The molecule has 1 aromatic heterocycles. The minimum Gasteiger partial charge on any atom is -0.345 e. The molecular formula is C25H17BrCl2F3N5O2S. The Labute approximate surface area is 243 Å². The average Bonchev–Trinajstić information content (AvgIpc) is 3.31. The molecule has 0 saturated carbocycles. The van der Waals surface area contributed by atoms with Crippen LogP contribution in [0.3, 0.4) is 0 Å². The molecule has 0 aliphatic carbocycles. The smallest absolute Gasteiger partial charge is 0.345 e. The Bertz CT molecular complexity index is 1520. The van der Waals surface area contributed by atoms with E-state index in [0.29, 0.717) is 21.1 Å². The van der Waals surface area contributed by atoms with Crippen molar-refractivity contribution in [1.29, 1.82) is 0 Å². The van der Waals surface area contributed by atoms with Crippen LogP contribution in [-0.2, 0) is 17.5 Å². The van der Waals surface area contributed by atoms with Crippen LogP contribution < -0.4 is 10.6 Å². The van der Waals surface area contributed by atoms with Gasteiger partial charge >= 0.3 is 6.18 Å². The first-order valence-electron chi connectivity index (χ1n) is 11.1. The molecule has 2 N–H and O–H groups in total. The van der Waals surface area contributed by atoms with Gasteiger partial charge in [0.15, 0.2) is 11.0 Å². The number of carbonyl (C=O) groups is 2. The van der Waals surface area contributed by atoms with Crippen LogP contribution >= 0.6 is 50.9 Å². The van der Waals surface area contributed by atoms with Crippen molar-refractivity contribution in [2.24, 2.45) is 0 Å². The summed E-state index contributed by atoms with van der Waals surface area (Å²) in [6.07, 6.45) is -4.58. The Morgan fingerprint density at radius 2 is 1.69 bits per heavy atom. The third-order valence-electron chi connectivity index (χ3n) is 5.20. The van der Waals surface area contributed by atoms with E-state index in [1.807, 2.05) is 6.07 Å². The number of benzene rings is 3. The Kier molecular flexibility index (Phi) is 9.21. The number of amides is 2. The van der Waals surface area contributed by atoms with Gasteiger partial charge in [-0.3, -0.25) is 14.2 Å². The van der Waals surface area contributed by atoms with E-state index in [1.54, 1.807) is 47.0 Å². The van der Waals surface area contributed by atoms with Crippen LogP contribution in [0.4, 0.5) is 18.9 Å². The molecule has 0 aliphatic rings. The van der Waals surface area contributed by atoms with Gasteiger partial charge in [0.25, 0.3) is 5.91 Å². The second-order valence-corrected chi connectivity index (χ2v) is 10.6. The van der Waals surface area contributed by atoms with Gasteiger partial charge in [0, 0.05) is 10.2 Å². The SMILES string of the molecule is O=C(CSc1nnc(CNC(=O)c2cc(Br)ccc2Cl)n1-c1ccccc1)Nc1cc(C(F)(F)F)ccc1Cl. The predicted octanol–water partition coefficient (Wildman–Crippen LogP) is 7.02. The van der Waals surface area contributed by atoms with Gasteiger partial charge < -0.3 is 10.6 Å². The molecular weight excluding hydrogens is 642 g/mol.